The first-order valence-electron chi connectivity index (χ1n) is 7.31. The second-order valence-corrected chi connectivity index (χ2v) is 5.92. The Bertz CT molecular complexity index is 670. The number of aryl methyl sites for hydroxylation is 2. The van der Waals surface area contributed by atoms with Crippen LogP contribution in [-0.4, -0.2) is 11.7 Å². The molecular weight excluding hydrogens is 265 g/mol. The second-order valence-electron chi connectivity index (χ2n) is 5.92. The summed E-state index contributed by atoms with van der Waals surface area (Å²) in [6.07, 6.45) is 1.03. The van der Waals surface area contributed by atoms with Crippen molar-refractivity contribution in [3.05, 3.63) is 70.5 Å². The average molecular weight is 285 g/mol. The van der Waals surface area contributed by atoms with E-state index in [1.807, 2.05) is 19.1 Å². The molecule has 2 aromatic carbocycles. The van der Waals surface area contributed by atoms with Crippen LogP contribution in [0.5, 0.6) is 0 Å². The molecule has 3 heteroatoms. The maximum atomic E-state index is 13.3. The Balaban J connectivity index is 2.09. The fourth-order valence-corrected chi connectivity index (χ4v) is 3.57. The van der Waals surface area contributed by atoms with Crippen molar-refractivity contribution < 1.29 is 9.50 Å². The van der Waals surface area contributed by atoms with Crippen molar-refractivity contribution in [1.29, 1.82) is 0 Å². The zero-order chi connectivity index (χ0) is 15.0. The summed E-state index contributed by atoms with van der Waals surface area (Å²) < 4.78 is 13.3. The summed E-state index contributed by atoms with van der Waals surface area (Å²) in [6.45, 7) is 2.20. The monoisotopic (exact) mass is 285 g/mol. The zero-order valence-corrected chi connectivity index (χ0v) is 12.1. The van der Waals surface area contributed by atoms with Crippen LogP contribution in [0.15, 0.2) is 42.5 Å². The molecule has 0 aromatic heterocycles. The molecule has 0 saturated carbocycles. The molecule has 3 N–H and O–H groups in total. The minimum Gasteiger partial charge on any atom is -0.387 e. The lowest BCUT2D eigenvalue weighted by atomic mass is 9.73. The van der Waals surface area contributed by atoms with Gasteiger partial charge in [0.1, 0.15) is 5.82 Å². The molecule has 2 aromatic rings. The van der Waals surface area contributed by atoms with Gasteiger partial charge in [0, 0.05) is 12.0 Å². The van der Waals surface area contributed by atoms with Gasteiger partial charge in [0.05, 0.1) is 6.10 Å². The number of halogens is 1. The molecule has 0 amide bonds. The molecule has 2 atom stereocenters. The second kappa shape index (κ2) is 5.24. The summed E-state index contributed by atoms with van der Waals surface area (Å²) in [5.74, 6) is -0.280. The van der Waals surface area contributed by atoms with Crippen LogP contribution in [0, 0.1) is 12.7 Å². The van der Waals surface area contributed by atoms with E-state index >= 15 is 0 Å². The number of rotatable bonds is 3. The molecule has 21 heavy (non-hydrogen) atoms. The van der Waals surface area contributed by atoms with Crippen molar-refractivity contribution in [3.63, 3.8) is 0 Å². The van der Waals surface area contributed by atoms with Crippen LogP contribution in [0.25, 0.3) is 0 Å². The number of hydrogen-bond donors (Lipinski definition) is 2. The number of nitrogens with two attached hydrogens (primary N) is 1. The van der Waals surface area contributed by atoms with Crippen molar-refractivity contribution in [2.45, 2.75) is 31.3 Å². The molecule has 2 unspecified atom stereocenters. The van der Waals surface area contributed by atoms with E-state index in [2.05, 4.69) is 12.1 Å². The van der Waals surface area contributed by atoms with E-state index in [1.54, 1.807) is 6.07 Å². The fraction of sp³-hybridized carbons (Fsp3) is 0.333. The normalized spacial score (nSPS) is 22.1. The minimum absolute atomic E-state index is 0.280. The third-order valence-electron chi connectivity index (χ3n) is 4.81. The van der Waals surface area contributed by atoms with Gasteiger partial charge in [0.15, 0.2) is 0 Å². The van der Waals surface area contributed by atoms with Gasteiger partial charge in [-0.1, -0.05) is 30.3 Å². The van der Waals surface area contributed by atoms with Crippen LogP contribution in [0.4, 0.5) is 4.39 Å². The first-order valence-corrected chi connectivity index (χ1v) is 7.31. The molecule has 1 aliphatic rings. The van der Waals surface area contributed by atoms with Crippen LogP contribution in [0.2, 0.25) is 0 Å². The molecule has 0 aliphatic heterocycles. The molecule has 3 rings (SSSR count). The Hall–Kier alpha value is -1.71. The minimum atomic E-state index is -0.716. The van der Waals surface area contributed by atoms with Crippen molar-refractivity contribution in [1.82, 2.24) is 0 Å². The van der Waals surface area contributed by atoms with E-state index in [9.17, 15) is 9.50 Å². The Morgan fingerprint density at radius 3 is 2.76 bits per heavy atom. The predicted octanol–water partition coefficient (Wildman–Crippen LogP) is 3.01. The van der Waals surface area contributed by atoms with Gasteiger partial charge in [-0.05, 0) is 54.2 Å². The molecule has 2 nitrogen and oxygen atoms in total. The van der Waals surface area contributed by atoms with Crippen LogP contribution >= 0.6 is 0 Å². The summed E-state index contributed by atoms with van der Waals surface area (Å²) in [4.78, 5) is 0. The van der Waals surface area contributed by atoms with Gasteiger partial charge in [-0.25, -0.2) is 4.39 Å². The SMILES string of the molecule is Cc1cc(F)ccc1C(O)C1(CN)CCc2ccccc21. The highest BCUT2D eigenvalue weighted by atomic mass is 19.1. The quantitative estimate of drug-likeness (QED) is 0.910. The van der Waals surface area contributed by atoms with E-state index in [1.165, 1.54) is 17.7 Å². The Kier molecular flexibility index (Phi) is 3.56. The van der Waals surface area contributed by atoms with E-state index in [0.717, 1.165) is 29.5 Å². The topological polar surface area (TPSA) is 46.2 Å². The Morgan fingerprint density at radius 1 is 1.29 bits per heavy atom. The lowest BCUT2D eigenvalue weighted by Gasteiger charge is -2.35. The highest BCUT2D eigenvalue weighted by molar-refractivity contribution is 5.44. The zero-order valence-electron chi connectivity index (χ0n) is 12.1. The van der Waals surface area contributed by atoms with E-state index in [-0.39, 0.29) is 5.82 Å². The van der Waals surface area contributed by atoms with Crippen LogP contribution in [-0.2, 0) is 11.8 Å². The fourth-order valence-electron chi connectivity index (χ4n) is 3.57. The highest BCUT2D eigenvalue weighted by Gasteiger charge is 2.44. The van der Waals surface area contributed by atoms with E-state index in [0.29, 0.717) is 6.54 Å². The van der Waals surface area contributed by atoms with Gasteiger partial charge in [-0.2, -0.15) is 0 Å². The molecule has 0 heterocycles. The highest BCUT2D eigenvalue weighted by Crippen LogP contribution is 2.47. The Morgan fingerprint density at radius 2 is 2.05 bits per heavy atom. The van der Waals surface area contributed by atoms with Gasteiger partial charge < -0.3 is 10.8 Å². The smallest absolute Gasteiger partial charge is 0.123 e. The van der Waals surface area contributed by atoms with E-state index < -0.39 is 11.5 Å². The summed E-state index contributed by atoms with van der Waals surface area (Å²) in [5, 5.41) is 11.0. The summed E-state index contributed by atoms with van der Waals surface area (Å²) in [7, 11) is 0. The van der Waals surface area contributed by atoms with Crippen molar-refractivity contribution >= 4 is 0 Å². The summed E-state index contributed by atoms with van der Waals surface area (Å²) in [6, 6.07) is 12.7. The maximum Gasteiger partial charge on any atom is 0.123 e. The van der Waals surface area contributed by atoms with Crippen LogP contribution in [0.3, 0.4) is 0 Å². The molecule has 0 spiro atoms. The van der Waals surface area contributed by atoms with Crippen molar-refractivity contribution in [2.24, 2.45) is 5.73 Å². The molecule has 0 fully saturated rings. The molecule has 0 radical (unpaired) electrons. The first-order chi connectivity index (χ1) is 10.1. The van der Waals surface area contributed by atoms with Crippen molar-refractivity contribution in [3.8, 4) is 0 Å². The average Bonchev–Trinajstić information content (AvgIpc) is 2.87. The summed E-state index contributed by atoms with van der Waals surface area (Å²) in [5.41, 5.74) is 9.50. The third kappa shape index (κ3) is 2.17. The number of benzene rings is 2. The first kappa shape index (κ1) is 14.2. The molecule has 110 valence electrons. The number of fused-ring (bicyclic) bond motifs is 1. The maximum absolute atomic E-state index is 13.3. The van der Waals surface area contributed by atoms with Gasteiger partial charge >= 0.3 is 0 Å². The van der Waals surface area contributed by atoms with Gasteiger partial charge in [0.25, 0.3) is 0 Å². The Labute approximate surface area is 124 Å². The molecular formula is C18H20FNO. The van der Waals surface area contributed by atoms with Crippen molar-refractivity contribution in [2.75, 3.05) is 6.54 Å². The van der Waals surface area contributed by atoms with Gasteiger partial charge in [-0.3, -0.25) is 0 Å². The standard InChI is InChI=1S/C18H20FNO/c1-12-10-14(19)6-7-15(12)17(21)18(11-20)9-8-13-4-2-3-5-16(13)18/h2-7,10,17,21H,8-9,11,20H2,1H3. The number of aliphatic hydroxyl groups is 1. The number of hydrogen-bond acceptors (Lipinski definition) is 2. The third-order valence-corrected chi connectivity index (χ3v) is 4.81. The summed E-state index contributed by atoms with van der Waals surface area (Å²) >= 11 is 0. The lowest BCUT2D eigenvalue weighted by Crippen LogP contribution is -2.39. The lowest BCUT2D eigenvalue weighted by molar-refractivity contribution is 0.0834. The predicted molar refractivity (Wildman–Crippen MR) is 81.6 cm³/mol. The molecule has 0 bridgehead atoms. The number of aliphatic hydroxyl groups excluding tert-OH is 1. The van der Waals surface area contributed by atoms with Crippen LogP contribution < -0.4 is 5.73 Å². The molecule has 0 saturated heterocycles. The van der Waals surface area contributed by atoms with E-state index in [4.69, 9.17) is 5.73 Å². The largest absolute Gasteiger partial charge is 0.387 e. The van der Waals surface area contributed by atoms with Crippen LogP contribution in [0.1, 0.15) is 34.8 Å². The van der Waals surface area contributed by atoms with Gasteiger partial charge in [-0.15, -0.1) is 0 Å². The van der Waals surface area contributed by atoms with Gasteiger partial charge in [0.2, 0.25) is 0 Å². The molecule has 1 aliphatic carbocycles.